The van der Waals surface area contributed by atoms with E-state index in [1.807, 2.05) is 45.0 Å². The van der Waals surface area contributed by atoms with Crippen LogP contribution < -0.4 is 10.6 Å². The summed E-state index contributed by atoms with van der Waals surface area (Å²) in [5.74, 6) is -0.253. The number of rotatable bonds is 8. The maximum absolute atomic E-state index is 13.2. The number of nitrogens with zero attached hydrogens (tertiary/aromatic N) is 1. The van der Waals surface area contributed by atoms with E-state index in [1.165, 1.54) is 11.8 Å². The maximum Gasteiger partial charge on any atom is 0.240 e. The summed E-state index contributed by atoms with van der Waals surface area (Å²) in [7, 11) is 1.73. The molecule has 4 N–H and O–H groups in total. The van der Waals surface area contributed by atoms with Crippen LogP contribution in [-0.2, 0) is 16.0 Å². The lowest BCUT2D eigenvalue weighted by molar-refractivity contribution is -0.139. The number of amides is 1. The van der Waals surface area contributed by atoms with E-state index < -0.39 is 30.5 Å². The molecule has 168 valence electrons. The number of likely N-dealkylation sites (N-methyl/N-ethyl adjacent to an activating group) is 1. The average molecular weight is 531 g/mol. The van der Waals surface area contributed by atoms with Crippen molar-refractivity contribution in [3.63, 3.8) is 0 Å². The van der Waals surface area contributed by atoms with Crippen LogP contribution in [0.25, 0.3) is 0 Å². The molecule has 1 aliphatic heterocycles. The van der Waals surface area contributed by atoms with Gasteiger partial charge in [-0.25, -0.2) is 0 Å². The summed E-state index contributed by atoms with van der Waals surface area (Å²) >= 11 is 2.22. The number of Topliss-reactive ketones (excluding diaryl/α,β-unsaturated/α-hetero) is 1. The number of aliphatic hydroxyl groups excluding tert-OH is 2. The van der Waals surface area contributed by atoms with Gasteiger partial charge in [-0.15, -0.1) is 0 Å². The van der Waals surface area contributed by atoms with Gasteiger partial charge in [-0.1, -0.05) is 32.9 Å². The Morgan fingerprint density at radius 3 is 2.37 bits per heavy atom. The highest BCUT2D eigenvalue weighted by atomic mass is 127. The van der Waals surface area contributed by atoms with Crippen molar-refractivity contribution in [1.29, 1.82) is 0 Å². The Kier molecular flexibility index (Phi) is 8.81. The summed E-state index contributed by atoms with van der Waals surface area (Å²) in [6.45, 7) is 7.55. The van der Waals surface area contributed by atoms with Crippen molar-refractivity contribution >= 4 is 34.3 Å². The lowest BCUT2D eigenvalue weighted by atomic mass is 9.85. The Bertz CT molecular complexity index is 735. The van der Waals surface area contributed by atoms with Gasteiger partial charge in [0, 0.05) is 10.1 Å². The molecule has 8 heteroatoms. The third kappa shape index (κ3) is 6.46. The highest BCUT2D eigenvalue weighted by molar-refractivity contribution is 14.1. The Labute approximate surface area is 192 Å². The smallest absolute Gasteiger partial charge is 0.240 e. The van der Waals surface area contributed by atoms with E-state index in [0.717, 1.165) is 9.13 Å². The Hall–Kier alpha value is -1.07. The molecule has 1 amide bonds. The summed E-state index contributed by atoms with van der Waals surface area (Å²) in [5, 5.41) is 27.2. The van der Waals surface area contributed by atoms with Crippen LogP contribution in [0.3, 0.4) is 0 Å². The lowest BCUT2D eigenvalue weighted by Gasteiger charge is -2.37. The van der Waals surface area contributed by atoms with Crippen LogP contribution in [0, 0.1) is 8.99 Å². The number of carbonyl (C=O) groups excluding carboxylic acids is 2. The van der Waals surface area contributed by atoms with Crippen LogP contribution in [0.4, 0.5) is 0 Å². The van der Waals surface area contributed by atoms with E-state index in [9.17, 15) is 19.8 Å². The number of likely N-dealkylation sites (tertiary alicyclic amines) is 1. The van der Waals surface area contributed by atoms with Gasteiger partial charge in [-0.2, -0.15) is 0 Å². The Balaban J connectivity index is 2.15. The van der Waals surface area contributed by atoms with Gasteiger partial charge in [0.1, 0.15) is 12.0 Å². The van der Waals surface area contributed by atoms with E-state index in [4.69, 9.17) is 0 Å². The molecular formula is C22H34IN3O4. The summed E-state index contributed by atoms with van der Waals surface area (Å²) in [6, 6.07) is 6.22. The number of halogens is 1. The molecule has 30 heavy (non-hydrogen) atoms. The van der Waals surface area contributed by atoms with E-state index in [1.54, 1.807) is 7.05 Å². The topological polar surface area (TPSA) is 102 Å². The Morgan fingerprint density at radius 1 is 1.27 bits per heavy atom. The second kappa shape index (κ2) is 10.5. The first-order valence-corrected chi connectivity index (χ1v) is 11.4. The second-order valence-electron chi connectivity index (χ2n) is 9.14. The molecule has 1 heterocycles. The molecule has 0 saturated carbocycles. The first kappa shape index (κ1) is 25.2. The minimum atomic E-state index is -1.12. The fourth-order valence-electron chi connectivity index (χ4n) is 3.98. The fourth-order valence-corrected chi connectivity index (χ4v) is 4.34. The molecule has 1 aromatic rings. The molecule has 1 saturated heterocycles. The first-order valence-electron chi connectivity index (χ1n) is 10.3. The predicted octanol–water partition coefficient (Wildman–Crippen LogP) is 1.30. The van der Waals surface area contributed by atoms with Crippen LogP contribution in [0.5, 0.6) is 0 Å². The summed E-state index contributed by atoms with van der Waals surface area (Å²) in [4.78, 5) is 26.9. The van der Waals surface area contributed by atoms with Crippen LogP contribution in [0.15, 0.2) is 24.3 Å². The molecule has 0 spiro atoms. The van der Waals surface area contributed by atoms with Crippen molar-refractivity contribution in [3.05, 3.63) is 33.4 Å². The van der Waals surface area contributed by atoms with Gasteiger partial charge in [0.25, 0.3) is 0 Å². The number of benzene rings is 1. The van der Waals surface area contributed by atoms with E-state index >= 15 is 0 Å². The lowest BCUT2D eigenvalue weighted by Crippen LogP contribution is -2.58. The zero-order chi connectivity index (χ0) is 22.6. The molecule has 0 aromatic heterocycles. The molecule has 1 fully saturated rings. The largest absolute Gasteiger partial charge is 0.391 e. The van der Waals surface area contributed by atoms with Crippen molar-refractivity contribution in [3.8, 4) is 0 Å². The van der Waals surface area contributed by atoms with Crippen molar-refractivity contribution in [2.75, 3.05) is 13.6 Å². The molecular weight excluding hydrogens is 497 g/mol. The van der Waals surface area contributed by atoms with Gasteiger partial charge >= 0.3 is 0 Å². The van der Waals surface area contributed by atoms with Gasteiger partial charge in [0.05, 0.1) is 24.2 Å². The fraction of sp³-hybridized carbons (Fsp3) is 0.636. The number of hydrogen-bond acceptors (Lipinski definition) is 6. The molecule has 7 nitrogen and oxygen atoms in total. The van der Waals surface area contributed by atoms with Crippen molar-refractivity contribution in [2.45, 2.75) is 71.0 Å². The van der Waals surface area contributed by atoms with Crippen molar-refractivity contribution < 1.29 is 19.8 Å². The zero-order valence-electron chi connectivity index (χ0n) is 18.4. The molecule has 5 atom stereocenters. The number of aliphatic hydroxyl groups is 2. The van der Waals surface area contributed by atoms with Gasteiger partial charge in [0.2, 0.25) is 5.91 Å². The Morgan fingerprint density at radius 2 is 1.87 bits per heavy atom. The highest BCUT2D eigenvalue weighted by Gasteiger charge is 2.43. The summed E-state index contributed by atoms with van der Waals surface area (Å²) in [6.07, 6.45) is -1.14. The zero-order valence-corrected chi connectivity index (χ0v) is 20.5. The average Bonchev–Trinajstić information content (AvgIpc) is 3.04. The number of ketones is 1. The van der Waals surface area contributed by atoms with Gasteiger partial charge in [0.15, 0.2) is 0 Å². The third-order valence-electron chi connectivity index (χ3n) is 5.59. The van der Waals surface area contributed by atoms with Crippen LogP contribution in [0.2, 0.25) is 0 Å². The molecule has 2 rings (SSSR count). The summed E-state index contributed by atoms with van der Waals surface area (Å²) < 4.78 is 1.11. The van der Waals surface area contributed by atoms with Gasteiger partial charge in [-0.3, -0.25) is 14.9 Å². The van der Waals surface area contributed by atoms with E-state index in [0.29, 0.717) is 6.42 Å². The SMILES string of the molecule is CN[C@H](C(=O)N1C[C@H](O)C[C@H]1C(O)N[C@H](Cc1ccc(I)cc1)C(C)=O)C(C)(C)C. The number of hydrogen-bond donors (Lipinski definition) is 4. The highest BCUT2D eigenvalue weighted by Crippen LogP contribution is 2.27. The standard InChI is InChI=1S/C22H34IN3O4/c1-13(27)17(10-14-6-8-15(23)9-7-14)25-20(29)18-11-16(28)12-26(18)21(30)19(24-5)22(2,3)4/h6-9,16-20,24-25,28-29H,10-12H2,1-5H3/t16-,17-,18+,19-,20?/m1/s1. The van der Waals surface area contributed by atoms with Crippen LogP contribution in [0.1, 0.15) is 39.7 Å². The first-order chi connectivity index (χ1) is 13.9. The molecule has 1 unspecified atom stereocenters. The number of β-amino-alcohol motifs (C(OH)–C–C–N with tert-alkyl or cyclic N) is 1. The normalized spacial score (nSPS) is 22.6. The monoisotopic (exact) mass is 531 g/mol. The van der Waals surface area contributed by atoms with Crippen LogP contribution >= 0.6 is 22.6 Å². The minimum absolute atomic E-state index is 0.0909. The second-order valence-corrected chi connectivity index (χ2v) is 10.4. The van der Waals surface area contributed by atoms with Gasteiger partial charge in [-0.05, 0) is 72.5 Å². The molecule has 0 aliphatic carbocycles. The molecule has 1 aliphatic rings. The minimum Gasteiger partial charge on any atom is -0.391 e. The third-order valence-corrected chi connectivity index (χ3v) is 6.31. The quantitative estimate of drug-likeness (QED) is 0.298. The van der Waals surface area contributed by atoms with Gasteiger partial charge < -0.3 is 20.4 Å². The molecule has 0 bridgehead atoms. The van der Waals surface area contributed by atoms with Crippen molar-refractivity contribution in [1.82, 2.24) is 15.5 Å². The number of carbonyl (C=O) groups is 2. The summed E-state index contributed by atoms with van der Waals surface area (Å²) in [5.41, 5.74) is 0.660. The molecule has 0 radical (unpaired) electrons. The maximum atomic E-state index is 13.2. The van der Waals surface area contributed by atoms with E-state index in [2.05, 4.69) is 33.2 Å². The number of nitrogens with one attached hydrogen (secondary N) is 2. The predicted molar refractivity (Wildman–Crippen MR) is 125 cm³/mol. The van der Waals surface area contributed by atoms with Crippen LogP contribution in [-0.4, -0.2) is 70.9 Å². The van der Waals surface area contributed by atoms with E-state index in [-0.39, 0.29) is 30.1 Å². The van der Waals surface area contributed by atoms with Crippen molar-refractivity contribution in [2.24, 2.45) is 5.41 Å². The molecule has 1 aromatic carbocycles.